The average Bonchev–Trinajstić information content (AvgIpc) is 3.15. The van der Waals surface area contributed by atoms with E-state index in [9.17, 15) is 4.79 Å². The maximum atomic E-state index is 11.6. The molecular weight excluding hydrogens is 224 g/mol. The van der Waals surface area contributed by atoms with Crippen molar-refractivity contribution in [1.29, 1.82) is 0 Å². The summed E-state index contributed by atoms with van der Waals surface area (Å²) in [6.45, 7) is 4.09. The maximum absolute atomic E-state index is 11.6. The van der Waals surface area contributed by atoms with Crippen LogP contribution in [0.15, 0.2) is 24.3 Å². The molecule has 0 unspecified atom stereocenters. The number of anilines is 1. The number of carbonyl (C=O) groups excluding carboxylic acids is 1. The molecular formula is C15H22N2O. The zero-order valence-corrected chi connectivity index (χ0v) is 11.0. The molecule has 2 N–H and O–H groups in total. The molecule has 1 aromatic rings. The summed E-state index contributed by atoms with van der Waals surface area (Å²) in [4.78, 5) is 11.6. The van der Waals surface area contributed by atoms with Crippen LogP contribution in [0, 0.1) is 5.92 Å². The highest BCUT2D eigenvalue weighted by atomic mass is 16.1. The molecule has 1 amide bonds. The summed E-state index contributed by atoms with van der Waals surface area (Å²) >= 11 is 0. The van der Waals surface area contributed by atoms with Gasteiger partial charge >= 0.3 is 0 Å². The smallest absolute Gasteiger partial charge is 0.224 e. The van der Waals surface area contributed by atoms with Crippen molar-refractivity contribution in [2.75, 3.05) is 11.9 Å². The summed E-state index contributed by atoms with van der Waals surface area (Å²) in [6, 6.07) is 8.09. The van der Waals surface area contributed by atoms with Gasteiger partial charge in [0.15, 0.2) is 0 Å². The van der Waals surface area contributed by atoms with Crippen LogP contribution in [0.25, 0.3) is 0 Å². The molecule has 0 heterocycles. The van der Waals surface area contributed by atoms with E-state index in [0.29, 0.717) is 12.3 Å². The highest BCUT2D eigenvalue weighted by Gasteiger charge is 2.24. The summed E-state index contributed by atoms with van der Waals surface area (Å²) in [6.07, 6.45) is 4.26. The van der Waals surface area contributed by atoms with Gasteiger partial charge < -0.3 is 10.6 Å². The molecule has 1 aromatic carbocycles. The molecule has 1 fully saturated rings. The van der Waals surface area contributed by atoms with Gasteiger partial charge in [-0.2, -0.15) is 0 Å². The Labute approximate surface area is 109 Å². The summed E-state index contributed by atoms with van der Waals surface area (Å²) in [5, 5.41) is 6.31. The van der Waals surface area contributed by atoms with Gasteiger partial charge in [0.05, 0.1) is 0 Å². The van der Waals surface area contributed by atoms with Crippen LogP contribution < -0.4 is 10.6 Å². The Morgan fingerprint density at radius 1 is 1.28 bits per heavy atom. The molecule has 98 valence electrons. The summed E-state index contributed by atoms with van der Waals surface area (Å²) in [5.41, 5.74) is 2.16. The number of benzene rings is 1. The van der Waals surface area contributed by atoms with Crippen molar-refractivity contribution >= 4 is 11.6 Å². The van der Waals surface area contributed by atoms with E-state index in [0.717, 1.165) is 25.2 Å². The van der Waals surface area contributed by atoms with Crippen LogP contribution in [0.1, 0.15) is 38.2 Å². The maximum Gasteiger partial charge on any atom is 0.224 e. The van der Waals surface area contributed by atoms with Crippen LogP contribution in [-0.2, 0) is 11.3 Å². The van der Waals surface area contributed by atoms with Crippen molar-refractivity contribution in [3.8, 4) is 0 Å². The number of amides is 1. The van der Waals surface area contributed by atoms with Gasteiger partial charge in [-0.25, -0.2) is 0 Å². The largest absolute Gasteiger partial charge is 0.326 e. The number of nitrogens with one attached hydrogen (secondary N) is 2. The first-order chi connectivity index (χ1) is 8.78. The van der Waals surface area contributed by atoms with Crippen molar-refractivity contribution in [2.45, 2.75) is 39.2 Å². The molecule has 0 atom stereocenters. The number of hydrogen-bond donors (Lipinski definition) is 2. The second-order valence-electron chi connectivity index (χ2n) is 5.07. The molecule has 1 aliphatic carbocycles. The molecule has 3 heteroatoms. The van der Waals surface area contributed by atoms with Gasteiger partial charge in [-0.15, -0.1) is 0 Å². The van der Waals surface area contributed by atoms with E-state index >= 15 is 0 Å². The minimum absolute atomic E-state index is 0.148. The lowest BCUT2D eigenvalue weighted by atomic mass is 10.2. The first-order valence-corrected chi connectivity index (χ1v) is 6.87. The molecule has 0 bridgehead atoms. The van der Waals surface area contributed by atoms with Gasteiger partial charge in [0.25, 0.3) is 0 Å². The Morgan fingerprint density at radius 2 is 2.00 bits per heavy atom. The zero-order valence-electron chi connectivity index (χ0n) is 11.0. The predicted octanol–water partition coefficient (Wildman–Crippen LogP) is 2.92. The van der Waals surface area contributed by atoms with Gasteiger partial charge in [0, 0.05) is 18.7 Å². The Bertz CT molecular complexity index is 382. The van der Waals surface area contributed by atoms with Crippen molar-refractivity contribution in [3.63, 3.8) is 0 Å². The van der Waals surface area contributed by atoms with Crippen LogP contribution in [0.4, 0.5) is 5.69 Å². The van der Waals surface area contributed by atoms with Crippen molar-refractivity contribution in [1.82, 2.24) is 5.32 Å². The van der Waals surface area contributed by atoms with E-state index in [1.165, 1.54) is 18.4 Å². The zero-order chi connectivity index (χ0) is 12.8. The topological polar surface area (TPSA) is 41.1 Å². The van der Waals surface area contributed by atoms with Gasteiger partial charge in [0.2, 0.25) is 5.91 Å². The van der Waals surface area contributed by atoms with Crippen molar-refractivity contribution < 1.29 is 4.79 Å². The van der Waals surface area contributed by atoms with Crippen LogP contribution in [0.2, 0.25) is 0 Å². The molecule has 1 saturated carbocycles. The molecule has 0 aliphatic heterocycles. The summed E-state index contributed by atoms with van der Waals surface area (Å²) in [5.74, 6) is 0.789. The summed E-state index contributed by atoms with van der Waals surface area (Å²) in [7, 11) is 0. The lowest BCUT2D eigenvalue weighted by Gasteiger charge is -2.07. The first-order valence-electron chi connectivity index (χ1n) is 6.87. The van der Waals surface area contributed by atoms with Crippen LogP contribution in [-0.4, -0.2) is 12.5 Å². The quantitative estimate of drug-likeness (QED) is 0.726. The fourth-order valence-electron chi connectivity index (χ4n) is 1.91. The van der Waals surface area contributed by atoms with Gasteiger partial charge in [0.1, 0.15) is 0 Å². The average molecular weight is 246 g/mol. The minimum atomic E-state index is 0.148. The van der Waals surface area contributed by atoms with Crippen molar-refractivity contribution in [3.05, 3.63) is 29.8 Å². The molecule has 3 nitrogen and oxygen atoms in total. The summed E-state index contributed by atoms with van der Waals surface area (Å²) < 4.78 is 0. The van der Waals surface area contributed by atoms with Crippen molar-refractivity contribution in [2.24, 2.45) is 5.92 Å². The Hall–Kier alpha value is -1.35. The highest BCUT2D eigenvalue weighted by Crippen LogP contribution is 2.32. The van der Waals surface area contributed by atoms with E-state index in [4.69, 9.17) is 0 Å². The molecule has 2 rings (SSSR count). The molecule has 18 heavy (non-hydrogen) atoms. The molecule has 1 aliphatic rings. The Morgan fingerprint density at radius 3 is 2.61 bits per heavy atom. The fourth-order valence-corrected chi connectivity index (χ4v) is 1.91. The second-order valence-corrected chi connectivity index (χ2v) is 5.07. The van der Waals surface area contributed by atoms with E-state index in [1.807, 2.05) is 12.1 Å². The normalized spacial score (nSPS) is 14.5. The highest BCUT2D eigenvalue weighted by molar-refractivity contribution is 5.91. The predicted molar refractivity (Wildman–Crippen MR) is 74.4 cm³/mol. The lowest BCUT2D eigenvalue weighted by molar-refractivity contribution is -0.116. The van der Waals surface area contributed by atoms with E-state index < -0.39 is 0 Å². The molecule has 0 saturated heterocycles. The Kier molecular flexibility index (Phi) is 4.76. The minimum Gasteiger partial charge on any atom is -0.326 e. The molecule has 0 aromatic heterocycles. The van der Waals surface area contributed by atoms with Crippen LogP contribution in [0.3, 0.4) is 0 Å². The van der Waals surface area contributed by atoms with Gasteiger partial charge in [-0.05, 0) is 49.4 Å². The van der Waals surface area contributed by atoms with Crippen LogP contribution in [0.5, 0.6) is 0 Å². The second kappa shape index (κ2) is 6.55. The van der Waals surface area contributed by atoms with E-state index in [-0.39, 0.29) is 5.91 Å². The lowest BCUT2D eigenvalue weighted by Crippen LogP contribution is -2.14. The SMILES string of the molecule is CCCNCc1ccc(NC(=O)CC2CC2)cc1. The number of rotatable bonds is 7. The Balaban J connectivity index is 1.77. The molecule has 0 radical (unpaired) electrons. The number of hydrogen-bond acceptors (Lipinski definition) is 2. The fraction of sp³-hybridized carbons (Fsp3) is 0.533. The first kappa shape index (κ1) is 13.1. The van der Waals surface area contributed by atoms with Gasteiger partial charge in [-0.3, -0.25) is 4.79 Å². The third kappa shape index (κ3) is 4.49. The van der Waals surface area contributed by atoms with Crippen LogP contribution >= 0.6 is 0 Å². The standard InChI is InChI=1S/C15H22N2O/c1-2-9-16-11-13-5-7-14(8-6-13)17-15(18)10-12-3-4-12/h5-8,12,16H,2-4,9-11H2,1H3,(H,17,18). The van der Waals surface area contributed by atoms with Gasteiger partial charge in [-0.1, -0.05) is 19.1 Å². The monoisotopic (exact) mass is 246 g/mol. The molecule has 0 spiro atoms. The third-order valence-corrected chi connectivity index (χ3v) is 3.16. The number of carbonyl (C=O) groups is 1. The van der Waals surface area contributed by atoms with E-state index in [2.05, 4.69) is 29.7 Å². The third-order valence-electron chi connectivity index (χ3n) is 3.16. The van der Waals surface area contributed by atoms with E-state index in [1.54, 1.807) is 0 Å².